The largest absolute Gasteiger partial charge is 0.499 e. The minimum atomic E-state index is -1.16. The molecule has 3 amide bonds. The van der Waals surface area contributed by atoms with Crippen molar-refractivity contribution < 1.29 is 19.1 Å². The van der Waals surface area contributed by atoms with Crippen LogP contribution in [0.4, 0.5) is 22.0 Å². The van der Waals surface area contributed by atoms with Gasteiger partial charge in [0.05, 0.1) is 48.9 Å². The molecular weight excluding hydrogens is 581 g/mol. The van der Waals surface area contributed by atoms with E-state index in [-0.39, 0.29) is 10.9 Å². The molecule has 1 aliphatic carbocycles. The zero-order chi connectivity index (χ0) is 31.0. The molecule has 3 N–H and O–H groups in total. The molecule has 1 heterocycles. The van der Waals surface area contributed by atoms with Crippen molar-refractivity contribution in [2.45, 2.75) is 30.8 Å². The van der Waals surface area contributed by atoms with Crippen molar-refractivity contribution in [2.75, 3.05) is 57.4 Å². The predicted molar refractivity (Wildman–Crippen MR) is 167 cm³/mol. The lowest BCUT2D eigenvalue weighted by Crippen LogP contribution is -2.54. The highest BCUT2D eigenvalue weighted by Gasteiger charge is 2.45. The van der Waals surface area contributed by atoms with Gasteiger partial charge in [-0.15, -0.1) is 11.6 Å². The summed E-state index contributed by atoms with van der Waals surface area (Å²) in [5.74, 6) is 0.763. The Hall–Kier alpha value is -3.80. The lowest BCUT2D eigenvalue weighted by Gasteiger charge is -2.37. The van der Waals surface area contributed by atoms with Gasteiger partial charge >= 0.3 is 6.03 Å². The number of nitrogens with one attached hydrogen (secondary N) is 3. The van der Waals surface area contributed by atoms with Crippen molar-refractivity contribution >= 4 is 52.3 Å². The van der Waals surface area contributed by atoms with Gasteiger partial charge in [0.15, 0.2) is 0 Å². The van der Waals surface area contributed by atoms with Gasteiger partial charge in [0.25, 0.3) is 0 Å². The standard InChI is InChI=1S/C29H37Cl2N7O4/c1-8-25(39)35-21-13-18(11-12-37(3)4)9-10-20(21)32-16-19-14-24(34-17-33-19)38(5)28(40)36-27-26(30)22(41-6)15-23(42-7)29(27,2)31/h8-10,13-15,17,27,32H,1,11-12,16H2,2-7H3,(H,35,39)(H,36,40). The van der Waals surface area contributed by atoms with Gasteiger partial charge < -0.3 is 30.3 Å². The van der Waals surface area contributed by atoms with E-state index in [9.17, 15) is 9.59 Å². The van der Waals surface area contributed by atoms with Crippen molar-refractivity contribution in [2.24, 2.45) is 0 Å². The predicted octanol–water partition coefficient (Wildman–Crippen LogP) is 4.47. The summed E-state index contributed by atoms with van der Waals surface area (Å²) in [6, 6.07) is 6.20. The number of carbonyl (C=O) groups excluding carboxylic acids is 2. The number of methoxy groups -OCH3 is 2. The smallest absolute Gasteiger partial charge is 0.323 e. The number of halogens is 2. The Morgan fingerprint density at radius 3 is 2.52 bits per heavy atom. The molecule has 3 rings (SSSR count). The molecule has 0 aliphatic heterocycles. The van der Waals surface area contributed by atoms with Gasteiger partial charge in [-0.3, -0.25) is 9.69 Å². The molecular formula is C29H37Cl2N7O4. The van der Waals surface area contributed by atoms with Crippen LogP contribution >= 0.6 is 23.2 Å². The number of rotatable bonds is 12. The fraction of sp³-hybridized carbons (Fsp3) is 0.379. The molecule has 0 spiro atoms. The van der Waals surface area contributed by atoms with E-state index in [2.05, 4.69) is 37.4 Å². The number of nitrogens with zero attached hydrogens (tertiary/aromatic N) is 4. The third-order valence-electron chi connectivity index (χ3n) is 6.68. The lowest BCUT2D eigenvalue weighted by molar-refractivity contribution is -0.111. The van der Waals surface area contributed by atoms with Gasteiger partial charge in [0, 0.05) is 25.7 Å². The van der Waals surface area contributed by atoms with Crippen LogP contribution in [-0.4, -0.2) is 79.6 Å². The second-order valence-corrected chi connectivity index (χ2v) is 11.2. The topological polar surface area (TPSA) is 121 Å². The zero-order valence-corrected chi connectivity index (χ0v) is 26.1. The van der Waals surface area contributed by atoms with Crippen molar-refractivity contribution in [1.82, 2.24) is 20.2 Å². The number of anilines is 3. The van der Waals surface area contributed by atoms with Crippen molar-refractivity contribution in [3.8, 4) is 0 Å². The molecule has 0 radical (unpaired) electrons. The molecule has 2 aromatic rings. The van der Waals surface area contributed by atoms with Gasteiger partial charge in [0.1, 0.15) is 28.5 Å². The van der Waals surface area contributed by atoms with Gasteiger partial charge in [-0.25, -0.2) is 14.8 Å². The summed E-state index contributed by atoms with van der Waals surface area (Å²) >= 11 is 13.3. The number of alkyl halides is 1. The van der Waals surface area contributed by atoms with Crippen LogP contribution in [0.5, 0.6) is 0 Å². The number of hydrogen-bond acceptors (Lipinski definition) is 8. The van der Waals surface area contributed by atoms with Gasteiger partial charge in [-0.05, 0) is 51.2 Å². The van der Waals surface area contributed by atoms with Crippen LogP contribution in [-0.2, 0) is 27.2 Å². The van der Waals surface area contributed by atoms with Gasteiger partial charge in [-0.2, -0.15) is 0 Å². The molecule has 226 valence electrons. The van der Waals surface area contributed by atoms with E-state index < -0.39 is 16.9 Å². The summed E-state index contributed by atoms with van der Waals surface area (Å²) in [7, 11) is 8.54. The maximum atomic E-state index is 13.3. The normalized spacial score (nSPS) is 18.2. The van der Waals surface area contributed by atoms with E-state index in [0.29, 0.717) is 40.9 Å². The minimum Gasteiger partial charge on any atom is -0.499 e. The van der Waals surface area contributed by atoms with E-state index in [1.54, 1.807) is 26.1 Å². The highest BCUT2D eigenvalue weighted by atomic mass is 35.5. The number of carbonyl (C=O) groups is 2. The van der Waals surface area contributed by atoms with Crippen molar-refractivity contribution in [3.05, 3.63) is 77.1 Å². The van der Waals surface area contributed by atoms with E-state index in [0.717, 1.165) is 18.5 Å². The molecule has 13 heteroatoms. The first-order chi connectivity index (χ1) is 19.9. The Labute approximate surface area is 256 Å². The first-order valence-corrected chi connectivity index (χ1v) is 13.9. The number of allylic oxidation sites excluding steroid dienone is 1. The number of hydrogen-bond donors (Lipinski definition) is 3. The fourth-order valence-corrected chi connectivity index (χ4v) is 4.94. The molecule has 1 aromatic heterocycles. The highest BCUT2D eigenvalue weighted by Crippen LogP contribution is 2.40. The van der Waals surface area contributed by atoms with Gasteiger partial charge in [-0.1, -0.05) is 24.2 Å². The van der Waals surface area contributed by atoms with E-state index in [4.69, 9.17) is 32.7 Å². The van der Waals surface area contributed by atoms with Crippen molar-refractivity contribution in [3.63, 3.8) is 0 Å². The van der Waals surface area contributed by atoms with E-state index in [1.165, 1.54) is 31.5 Å². The SMILES string of the molecule is C=CC(=O)Nc1cc(CCN(C)C)ccc1NCc1cc(N(C)C(=O)NC2C(Cl)=C(OC)C=C(OC)C2(C)Cl)ncn1. The third kappa shape index (κ3) is 7.93. The molecule has 0 bridgehead atoms. The Morgan fingerprint density at radius 2 is 1.88 bits per heavy atom. The van der Waals surface area contributed by atoms with Crippen LogP contribution in [0.3, 0.4) is 0 Å². The second-order valence-electron chi connectivity index (χ2n) is 9.99. The number of ether oxygens (including phenoxy) is 2. The molecule has 42 heavy (non-hydrogen) atoms. The van der Waals surface area contributed by atoms with Crippen LogP contribution in [0.1, 0.15) is 18.2 Å². The summed E-state index contributed by atoms with van der Waals surface area (Å²) in [5, 5.41) is 9.25. The van der Waals surface area contributed by atoms with Crippen LogP contribution in [0.2, 0.25) is 0 Å². The molecule has 0 saturated heterocycles. The van der Waals surface area contributed by atoms with E-state index in [1.807, 2.05) is 32.3 Å². The Morgan fingerprint density at radius 1 is 1.14 bits per heavy atom. The molecule has 2 unspecified atom stereocenters. The first kappa shape index (κ1) is 32.7. The van der Waals surface area contributed by atoms with Crippen LogP contribution < -0.4 is 20.9 Å². The first-order valence-electron chi connectivity index (χ1n) is 13.1. The molecule has 1 aromatic carbocycles. The monoisotopic (exact) mass is 617 g/mol. The summed E-state index contributed by atoms with van der Waals surface area (Å²) in [6.45, 7) is 6.41. The molecule has 0 saturated carbocycles. The van der Waals surface area contributed by atoms with Crippen LogP contribution in [0, 0.1) is 0 Å². The van der Waals surface area contributed by atoms with Gasteiger partial charge in [0.2, 0.25) is 5.91 Å². The maximum Gasteiger partial charge on any atom is 0.323 e. The summed E-state index contributed by atoms with van der Waals surface area (Å²) < 4.78 is 10.8. The lowest BCUT2D eigenvalue weighted by atomic mass is 9.92. The average Bonchev–Trinajstić information content (AvgIpc) is 2.97. The van der Waals surface area contributed by atoms with Crippen LogP contribution in [0.25, 0.3) is 0 Å². The number of urea groups is 1. The Balaban J connectivity index is 1.75. The Kier molecular flexibility index (Phi) is 11.2. The molecule has 2 atom stereocenters. The number of amides is 3. The quantitative estimate of drug-likeness (QED) is 0.236. The number of likely N-dealkylation sites (N-methyl/N-ethyl adjacent to an activating group) is 1. The third-order valence-corrected chi connectivity index (χ3v) is 7.48. The minimum absolute atomic E-state index is 0.234. The zero-order valence-electron chi connectivity index (χ0n) is 24.6. The summed E-state index contributed by atoms with van der Waals surface area (Å²) in [6.07, 6.45) is 5.01. The molecule has 11 nitrogen and oxygen atoms in total. The summed E-state index contributed by atoms with van der Waals surface area (Å²) in [5.41, 5.74) is 3.03. The maximum absolute atomic E-state index is 13.3. The highest BCUT2D eigenvalue weighted by molar-refractivity contribution is 6.34. The van der Waals surface area contributed by atoms with Crippen LogP contribution in [0.15, 0.2) is 65.9 Å². The van der Waals surface area contributed by atoms with E-state index >= 15 is 0 Å². The average molecular weight is 619 g/mol. The molecule has 1 aliphatic rings. The second kappa shape index (κ2) is 14.4. The Bertz CT molecular complexity index is 1380. The number of aromatic nitrogens is 2. The van der Waals surface area contributed by atoms with Crippen molar-refractivity contribution in [1.29, 1.82) is 0 Å². The molecule has 0 fully saturated rings. The number of benzene rings is 1. The summed E-state index contributed by atoms with van der Waals surface area (Å²) in [4.78, 5) is 36.2. The fourth-order valence-electron chi connectivity index (χ4n) is 4.18.